The third kappa shape index (κ3) is 5.41. The van der Waals surface area contributed by atoms with Crippen LogP contribution in [0.5, 0.6) is 0 Å². The van der Waals surface area contributed by atoms with E-state index in [1.165, 1.54) is 42.2 Å². The van der Waals surface area contributed by atoms with Gasteiger partial charge in [0.15, 0.2) is 0 Å². The van der Waals surface area contributed by atoms with E-state index >= 15 is 0 Å². The smallest absolute Gasteiger partial charge is 0.242 e. The van der Waals surface area contributed by atoms with Crippen molar-refractivity contribution in [3.05, 3.63) is 66.2 Å². The van der Waals surface area contributed by atoms with Crippen LogP contribution in [-0.4, -0.2) is 50.8 Å². The van der Waals surface area contributed by atoms with Crippen LogP contribution in [0.4, 0.5) is 0 Å². The molecule has 1 saturated heterocycles. The van der Waals surface area contributed by atoms with Crippen molar-refractivity contribution in [3.8, 4) is 0 Å². The van der Waals surface area contributed by atoms with Crippen LogP contribution in [0, 0.1) is 0 Å². The Kier molecular flexibility index (Phi) is 7.05. The second-order valence-corrected chi connectivity index (χ2v) is 9.44. The molecule has 0 unspecified atom stereocenters. The third-order valence-corrected chi connectivity index (χ3v) is 7.28. The molecule has 5 heteroatoms. The van der Waals surface area contributed by atoms with Gasteiger partial charge in [-0.25, -0.2) is 12.7 Å². The van der Waals surface area contributed by atoms with Crippen molar-refractivity contribution >= 4 is 10.0 Å². The normalized spacial score (nSPS) is 17.1. The monoisotopic (exact) mass is 386 g/mol. The highest BCUT2D eigenvalue weighted by Crippen LogP contribution is 2.25. The molecular weight excluding hydrogens is 356 g/mol. The fourth-order valence-electron chi connectivity index (χ4n) is 3.79. The molecule has 0 aliphatic carbocycles. The van der Waals surface area contributed by atoms with Gasteiger partial charge in [-0.15, -0.1) is 0 Å². The van der Waals surface area contributed by atoms with Gasteiger partial charge in [-0.05, 0) is 62.5 Å². The Morgan fingerprint density at radius 2 is 1.52 bits per heavy atom. The molecule has 3 rings (SSSR count). The minimum atomic E-state index is -3.47. The summed E-state index contributed by atoms with van der Waals surface area (Å²) >= 11 is 0. The predicted octanol–water partition coefficient (Wildman–Crippen LogP) is 3.97. The summed E-state index contributed by atoms with van der Waals surface area (Å²) in [4.78, 5) is 2.88. The maximum Gasteiger partial charge on any atom is 0.242 e. The van der Waals surface area contributed by atoms with Gasteiger partial charge < -0.3 is 4.90 Å². The lowest BCUT2D eigenvalue weighted by Crippen LogP contribution is -2.34. The average Bonchev–Trinajstić information content (AvgIpc) is 2.73. The van der Waals surface area contributed by atoms with Crippen LogP contribution in [-0.2, 0) is 10.0 Å². The molecule has 0 amide bonds. The Morgan fingerprint density at radius 3 is 2.15 bits per heavy atom. The van der Waals surface area contributed by atoms with Crippen LogP contribution in [0.15, 0.2) is 65.6 Å². The molecule has 1 aliphatic rings. The first kappa shape index (κ1) is 20.1. The van der Waals surface area contributed by atoms with E-state index < -0.39 is 10.0 Å². The highest BCUT2D eigenvalue weighted by atomic mass is 32.2. The maximum atomic E-state index is 12.9. The van der Waals surface area contributed by atoms with Crippen molar-refractivity contribution in [1.29, 1.82) is 0 Å². The molecule has 0 saturated carbocycles. The summed E-state index contributed by atoms with van der Waals surface area (Å²) in [5, 5.41) is 0. The molecule has 0 radical (unpaired) electrons. The molecule has 0 aromatic heterocycles. The number of sulfonamides is 1. The maximum absolute atomic E-state index is 12.9. The van der Waals surface area contributed by atoms with Gasteiger partial charge in [0.05, 0.1) is 4.90 Å². The highest BCUT2D eigenvalue weighted by Gasteiger charge is 2.25. The second kappa shape index (κ2) is 9.49. The molecule has 1 aliphatic heterocycles. The summed E-state index contributed by atoms with van der Waals surface area (Å²) in [6.07, 6.45) is 4.85. The van der Waals surface area contributed by atoms with E-state index in [-0.39, 0.29) is 5.92 Å². The molecule has 1 atom stereocenters. The number of likely N-dealkylation sites (N-methyl/N-ethyl adjacent to an activating group) is 1. The fourth-order valence-corrected chi connectivity index (χ4v) is 5.03. The first-order chi connectivity index (χ1) is 13.1. The Labute approximate surface area is 163 Å². The summed E-state index contributed by atoms with van der Waals surface area (Å²) in [6.45, 7) is 3.85. The molecule has 2 aromatic rings. The lowest BCUT2D eigenvalue weighted by atomic mass is 9.95. The van der Waals surface area contributed by atoms with Gasteiger partial charge in [-0.3, -0.25) is 0 Å². The van der Waals surface area contributed by atoms with E-state index in [0.717, 1.165) is 13.0 Å². The number of piperidine rings is 1. The molecule has 2 aromatic carbocycles. The number of nitrogens with zero attached hydrogens (tertiary/aromatic N) is 2. The lowest BCUT2D eigenvalue weighted by Gasteiger charge is -2.30. The number of likely N-dealkylation sites (tertiary alicyclic amines) is 1. The molecule has 0 N–H and O–H groups in total. The number of rotatable bonds is 8. The minimum Gasteiger partial charge on any atom is -0.303 e. The van der Waals surface area contributed by atoms with Gasteiger partial charge in [0.25, 0.3) is 0 Å². The Morgan fingerprint density at radius 1 is 0.926 bits per heavy atom. The van der Waals surface area contributed by atoms with Gasteiger partial charge in [0, 0.05) is 13.6 Å². The average molecular weight is 387 g/mol. The molecule has 1 fully saturated rings. The predicted molar refractivity (Wildman–Crippen MR) is 110 cm³/mol. The van der Waals surface area contributed by atoms with E-state index in [1.54, 1.807) is 31.3 Å². The van der Waals surface area contributed by atoms with E-state index in [1.807, 2.05) is 24.3 Å². The van der Waals surface area contributed by atoms with Crippen LogP contribution in [0.25, 0.3) is 0 Å². The summed E-state index contributed by atoms with van der Waals surface area (Å²) < 4.78 is 27.4. The van der Waals surface area contributed by atoms with Gasteiger partial charge in [0.1, 0.15) is 0 Å². The number of hydrogen-bond donors (Lipinski definition) is 0. The van der Waals surface area contributed by atoms with Gasteiger partial charge in [0.2, 0.25) is 10.0 Å². The minimum absolute atomic E-state index is 0.191. The zero-order chi connectivity index (χ0) is 19.1. The van der Waals surface area contributed by atoms with E-state index in [4.69, 9.17) is 0 Å². The Bertz CT molecular complexity index is 788. The van der Waals surface area contributed by atoms with Crippen molar-refractivity contribution in [2.75, 3.05) is 33.2 Å². The van der Waals surface area contributed by atoms with Gasteiger partial charge in [-0.2, -0.15) is 0 Å². The topological polar surface area (TPSA) is 40.6 Å². The summed E-state index contributed by atoms with van der Waals surface area (Å²) in [6, 6.07) is 19.0. The van der Waals surface area contributed by atoms with Crippen LogP contribution >= 0.6 is 0 Å². The Balaban J connectivity index is 1.72. The van der Waals surface area contributed by atoms with Crippen molar-refractivity contribution in [2.24, 2.45) is 0 Å². The standard InChI is InChI=1S/C22H30N2O2S/c1-23(27(25,26)22-13-7-3-8-14-22)19-21(20-11-5-2-6-12-20)15-18-24-16-9-4-10-17-24/h2-3,5-8,11-14,21H,4,9-10,15-19H2,1H3/t21-/m0/s1. The van der Waals surface area contributed by atoms with Gasteiger partial charge in [-0.1, -0.05) is 55.0 Å². The van der Waals surface area contributed by atoms with Crippen molar-refractivity contribution in [1.82, 2.24) is 9.21 Å². The van der Waals surface area contributed by atoms with Crippen molar-refractivity contribution in [2.45, 2.75) is 36.5 Å². The number of benzene rings is 2. The zero-order valence-electron chi connectivity index (χ0n) is 16.1. The molecule has 4 nitrogen and oxygen atoms in total. The lowest BCUT2D eigenvalue weighted by molar-refractivity contribution is 0.218. The molecular formula is C22H30N2O2S. The molecule has 27 heavy (non-hydrogen) atoms. The number of hydrogen-bond acceptors (Lipinski definition) is 3. The van der Waals surface area contributed by atoms with Crippen molar-refractivity contribution < 1.29 is 8.42 Å². The van der Waals surface area contributed by atoms with E-state index in [0.29, 0.717) is 11.4 Å². The molecule has 1 heterocycles. The first-order valence-electron chi connectivity index (χ1n) is 9.86. The highest BCUT2D eigenvalue weighted by molar-refractivity contribution is 7.89. The summed E-state index contributed by atoms with van der Waals surface area (Å²) in [5.41, 5.74) is 1.21. The largest absolute Gasteiger partial charge is 0.303 e. The molecule has 146 valence electrons. The molecule has 0 spiro atoms. The fraction of sp³-hybridized carbons (Fsp3) is 0.455. The van der Waals surface area contributed by atoms with Crippen LogP contribution in [0.1, 0.15) is 37.2 Å². The summed E-state index contributed by atoms with van der Waals surface area (Å²) in [7, 11) is -1.77. The third-order valence-electron chi connectivity index (χ3n) is 5.44. The first-order valence-corrected chi connectivity index (χ1v) is 11.3. The quantitative estimate of drug-likeness (QED) is 0.689. The Hall–Kier alpha value is -1.69. The summed E-state index contributed by atoms with van der Waals surface area (Å²) in [5.74, 6) is 0.191. The van der Waals surface area contributed by atoms with Crippen LogP contribution < -0.4 is 0 Å². The van der Waals surface area contributed by atoms with Crippen LogP contribution in [0.3, 0.4) is 0 Å². The van der Waals surface area contributed by atoms with Crippen molar-refractivity contribution in [3.63, 3.8) is 0 Å². The molecule has 0 bridgehead atoms. The van der Waals surface area contributed by atoms with E-state index in [2.05, 4.69) is 17.0 Å². The van der Waals surface area contributed by atoms with Gasteiger partial charge >= 0.3 is 0 Å². The zero-order valence-corrected chi connectivity index (χ0v) is 16.9. The SMILES string of the molecule is CN(C[C@H](CCN1CCCCC1)c1ccccc1)S(=O)(=O)c1ccccc1. The second-order valence-electron chi connectivity index (χ2n) is 7.40. The van der Waals surface area contributed by atoms with E-state index in [9.17, 15) is 8.42 Å². The van der Waals surface area contributed by atoms with Crippen LogP contribution in [0.2, 0.25) is 0 Å².